The first kappa shape index (κ1) is 15.0. The molecule has 0 bridgehead atoms. The number of hydrogen-bond donors (Lipinski definition) is 0. The molecule has 54 valence electrons. The molecule has 0 unspecified atom stereocenters. The van der Waals surface area contributed by atoms with Crippen molar-refractivity contribution >= 4 is 0 Å². The molecule has 0 atom stereocenters. The average molecular weight is 164 g/mol. The van der Waals surface area contributed by atoms with Crippen LogP contribution in [0, 0.1) is 20.8 Å². The van der Waals surface area contributed by atoms with Crippen molar-refractivity contribution in [3.05, 3.63) is 35.7 Å². The summed E-state index contributed by atoms with van der Waals surface area (Å²) >= 11 is 0. The Hall–Kier alpha value is 0.487. The van der Waals surface area contributed by atoms with Gasteiger partial charge in [0.1, 0.15) is 0 Å². The minimum Gasteiger partial charge on any atom is -0.928 e. The Morgan fingerprint density at radius 1 is 1.25 bits per heavy atom. The zero-order chi connectivity index (χ0) is 7.72. The topological polar surface area (TPSA) is 23.1 Å². The Morgan fingerprint density at radius 2 is 1.75 bits per heavy atom. The second kappa shape index (κ2) is 6.02. The van der Waals surface area contributed by atoms with Gasteiger partial charge in [0.25, 0.3) is 0 Å². The molecular formula is C9H10LiNaO. The average Bonchev–Trinajstić information content (AvgIpc) is 1.82. The van der Waals surface area contributed by atoms with Gasteiger partial charge in [-0.1, -0.05) is 19.9 Å². The van der Waals surface area contributed by atoms with Gasteiger partial charge in [-0.3, -0.25) is 0 Å². The van der Waals surface area contributed by atoms with Crippen LogP contribution in [0.15, 0.2) is 12.1 Å². The van der Waals surface area contributed by atoms with Gasteiger partial charge in [-0.25, -0.2) is 11.3 Å². The molecule has 1 aromatic rings. The zero-order valence-electron chi connectivity index (χ0n) is 8.27. The summed E-state index contributed by atoms with van der Waals surface area (Å²) in [6, 6.07) is 3.67. The normalized spacial score (nSPS) is 8.17. The van der Waals surface area contributed by atoms with Gasteiger partial charge in [0.15, 0.2) is 0 Å². The molecule has 0 radical (unpaired) electrons. The summed E-state index contributed by atoms with van der Waals surface area (Å²) in [5, 5.41) is 11.1. The van der Waals surface area contributed by atoms with Gasteiger partial charge in [-0.15, -0.1) is 11.1 Å². The molecule has 12 heavy (non-hydrogen) atoms. The molecule has 3 heteroatoms. The van der Waals surface area contributed by atoms with E-state index in [1.54, 1.807) is 6.07 Å². The summed E-state index contributed by atoms with van der Waals surface area (Å²) in [5.41, 5.74) is 2.48. The molecule has 0 heterocycles. The largest absolute Gasteiger partial charge is 1.00 e. The van der Waals surface area contributed by atoms with Crippen LogP contribution in [-0.2, 0) is 0 Å². The van der Waals surface area contributed by atoms with E-state index in [0.29, 0.717) is 5.56 Å². The van der Waals surface area contributed by atoms with Gasteiger partial charge in [-0.05, 0) is 0 Å². The monoisotopic (exact) mass is 164 g/mol. The molecule has 1 rings (SSSR count). The summed E-state index contributed by atoms with van der Waals surface area (Å²) in [7, 11) is 0. The van der Waals surface area contributed by atoms with Crippen LogP contribution in [0.3, 0.4) is 0 Å². The first-order chi connectivity index (χ1) is 4.61. The zero-order valence-corrected chi connectivity index (χ0v) is 10.3. The second-order valence-electron chi connectivity index (χ2n) is 2.57. The molecule has 0 aliphatic carbocycles. The minimum atomic E-state index is 0. The van der Waals surface area contributed by atoms with E-state index in [0.717, 1.165) is 11.1 Å². The summed E-state index contributed by atoms with van der Waals surface area (Å²) in [6.45, 7) is 7.40. The fraction of sp³-hybridized carbons (Fsp3) is 0.222. The van der Waals surface area contributed by atoms with Crippen LogP contribution >= 0.6 is 0 Å². The standard InChI is InChI=1S/C9H11O.Li.Na/c1-6-4-7(2)9(10)8(3)5-6;;/h4-5,10H,2H2,1,3H3;;/q-1;2*+1/p-1. The predicted molar refractivity (Wildman–Crippen MR) is 39.8 cm³/mol. The fourth-order valence-corrected chi connectivity index (χ4v) is 1.04. The van der Waals surface area contributed by atoms with E-state index in [1.165, 1.54) is 0 Å². The van der Waals surface area contributed by atoms with Gasteiger partial charge in [0, 0.05) is 0 Å². The van der Waals surface area contributed by atoms with Crippen LogP contribution in [0.4, 0.5) is 0 Å². The van der Waals surface area contributed by atoms with Gasteiger partial charge < -0.3 is 5.11 Å². The van der Waals surface area contributed by atoms with Crippen molar-refractivity contribution in [1.29, 1.82) is 0 Å². The quantitative estimate of drug-likeness (QED) is 0.280. The molecule has 0 N–H and O–H groups in total. The van der Waals surface area contributed by atoms with Crippen molar-refractivity contribution < 1.29 is 53.5 Å². The van der Waals surface area contributed by atoms with Crippen LogP contribution in [-0.4, -0.2) is 0 Å². The molecule has 0 aliphatic rings. The Bertz CT molecular complexity index is 238. The minimum absolute atomic E-state index is 0. The maximum absolute atomic E-state index is 11.1. The third-order valence-corrected chi connectivity index (χ3v) is 1.50. The van der Waals surface area contributed by atoms with Crippen molar-refractivity contribution in [2.24, 2.45) is 0 Å². The van der Waals surface area contributed by atoms with Crippen LogP contribution in [0.5, 0.6) is 5.75 Å². The summed E-state index contributed by atoms with van der Waals surface area (Å²) in [4.78, 5) is 0. The van der Waals surface area contributed by atoms with E-state index in [2.05, 4.69) is 6.92 Å². The molecule has 0 saturated carbocycles. The Kier molecular flexibility index (Phi) is 7.52. The fourth-order valence-electron chi connectivity index (χ4n) is 1.04. The van der Waals surface area contributed by atoms with Crippen LogP contribution < -0.4 is 53.5 Å². The molecule has 0 spiro atoms. The third kappa shape index (κ3) is 3.47. The van der Waals surface area contributed by atoms with Crippen molar-refractivity contribution in [2.45, 2.75) is 13.8 Å². The molecule has 0 saturated heterocycles. The number of rotatable bonds is 0. The van der Waals surface area contributed by atoms with Crippen molar-refractivity contribution in [3.63, 3.8) is 0 Å². The van der Waals surface area contributed by atoms with Crippen LogP contribution in [0.25, 0.3) is 0 Å². The van der Waals surface area contributed by atoms with E-state index >= 15 is 0 Å². The van der Waals surface area contributed by atoms with Crippen molar-refractivity contribution in [2.75, 3.05) is 0 Å². The van der Waals surface area contributed by atoms with Gasteiger partial charge >= 0.3 is 48.4 Å². The Morgan fingerprint density at radius 3 is 2.17 bits per heavy atom. The number of aryl methyl sites for hydroxylation is 2. The Balaban J connectivity index is 0. The molecule has 0 amide bonds. The maximum atomic E-state index is 11.1. The molecule has 1 aromatic carbocycles. The van der Waals surface area contributed by atoms with Gasteiger partial charge in [0.05, 0.1) is 0 Å². The SMILES string of the molecule is [CH2-]c1cc(C)cc(C)c1[O-].[Li+].[Na+]. The molecule has 0 aliphatic heterocycles. The number of benzene rings is 1. The smallest absolute Gasteiger partial charge is 0.928 e. The van der Waals surface area contributed by atoms with Gasteiger partial charge in [0.2, 0.25) is 0 Å². The summed E-state index contributed by atoms with van der Waals surface area (Å²) < 4.78 is 0. The van der Waals surface area contributed by atoms with Crippen molar-refractivity contribution in [1.82, 2.24) is 0 Å². The first-order valence-electron chi connectivity index (χ1n) is 3.21. The molecule has 0 fully saturated rings. The van der Waals surface area contributed by atoms with Crippen molar-refractivity contribution in [3.8, 4) is 5.75 Å². The summed E-state index contributed by atoms with van der Waals surface area (Å²) in [5.74, 6) is 0.0607. The Labute approximate surface area is 108 Å². The van der Waals surface area contributed by atoms with Crippen LogP contribution in [0.1, 0.15) is 16.7 Å². The second-order valence-corrected chi connectivity index (χ2v) is 2.57. The van der Waals surface area contributed by atoms with E-state index in [1.807, 2.05) is 19.9 Å². The molecular weight excluding hydrogens is 154 g/mol. The molecule has 1 nitrogen and oxygen atoms in total. The van der Waals surface area contributed by atoms with E-state index in [9.17, 15) is 5.11 Å². The van der Waals surface area contributed by atoms with Crippen LogP contribution in [0.2, 0.25) is 0 Å². The predicted octanol–water partition coefficient (Wildman–Crippen LogP) is -4.43. The number of hydrogen-bond acceptors (Lipinski definition) is 1. The van der Waals surface area contributed by atoms with E-state index < -0.39 is 0 Å². The maximum Gasteiger partial charge on any atom is 1.00 e. The summed E-state index contributed by atoms with van der Waals surface area (Å²) in [6.07, 6.45) is 0. The first-order valence-corrected chi connectivity index (χ1v) is 3.21. The van der Waals surface area contributed by atoms with Gasteiger partial charge in [-0.2, -0.15) is 13.0 Å². The van der Waals surface area contributed by atoms with E-state index in [4.69, 9.17) is 0 Å². The molecule has 0 aromatic heterocycles. The van der Waals surface area contributed by atoms with E-state index in [-0.39, 0.29) is 54.2 Å². The third-order valence-electron chi connectivity index (χ3n) is 1.50.